The summed E-state index contributed by atoms with van der Waals surface area (Å²) in [5, 5.41) is 12.2. The minimum Gasteiger partial charge on any atom is -0.465 e. The average Bonchev–Trinajstić information content (AvgIpc) is 2.70. The first-order valence-electron chi connectivity index (χ1n) is 8.65. The number of nitrogens with one attached hydrogen (secondary N) is 1. The molecule has 4 N–H and O–H groups in total. The van der Waals surface area contributed by atoms with Crippen LogP contribution in [0, 0.1) is 0 Å². The van der Waals surface area contributed by atoms with Crippen LogP contribution < -0.4 is 11.1 Å². The molecule has 3 rings (SSSR count). The molecule has 28 heavy (non-hydrogen) atoms. The molecule has 2 aromatic carbocycles. The van der Waals surface area contributed by atoms with E-state index in [1.807, 2.05) is 6.07 Å². The van der Waals surface area contributed by atoms with Crippen LogP contribution in [0.1, 0.15) is 21.6 Å². The lowest BCUT2D eigenvalue weighted by Gasteiger charge is -2.19. The van der Waals surface area contributed by atoms with Crippen molar-refractivity contribution in [2.24, 2.45) is 0 Å². The summed E-state index contributed by atoms with van der Waals surface area (Å²) in [4.78, 5) is 29.3. The molecule has 0 aliphatic heterocycles. The Labute approximate surface area is 162 Å². The van der Waals surface area contributed by atoms with E-state index in [9.17, 15) is 14.7 Å². The third kappa shape index (κ3) is 4.85. The van der Waals surface area contributed by atoms with Gasteiger partial charge in [0.15, 0.2) is 0 Å². The van der Waals surface area contributed by atoms with E-state index in [4.69, 9.17) is 5.73 Å². The molecule has 0 radical (unpaired) electrons. The van der Waals surface area contributed by atoms with Gasteiger partial charge in [-0.25, -0.2) is 4.79 Å². The normalized spacial score (nSPS) is 10.3. The topological polar surface area (TPSA) is 109 Å². The van der Waals surface area contributed by atoms with Gasteiger partial charge in [-0.2, -0.15) is 0 Å². The number of pyridine rings is 1. The van der Waals surface area contributed by atoms with Crippen LogP contribution in [0.3, 0.4) is 0 Å². The van der Waals surface area contributed by atoms with Gasteiger partial charge in [0.25, 0.3) is 5.91 Å². The Hall–Kier alpha value is -3.87. The number of carbonyl (C=O) groups is 2. The van der Waals surface area contributed by atoms with Crippen molar-refractivity contribution in [3.8, 4) is 0 Å². The summed E-state index contributed by atoms with van der Waals surface area (Å²) in [7, 11) is 0. The number of carboxylic acid groups (broad SMARTS) is 1. The number of hydrogen-bond donors (Lipinski definition) is 3. The third-order valence-electron chi connectivity index (χ3n) is 4.15. The Bertz CT molecular complexity index is 959. The van der Waals surface area contributed by atoms with Crippen molar-refractivity contribution in [3.63, 3.8) is 0 Å². The molecule has 3 aromatic rings. The second kappa shape index (κ2) is 8.68. The monoisotopic (exact) mass is 376 g/mol. The van der Waals surface area contributed by atoms with Gasteiger partial charge in [0.2, 0.25) is 0 Å². The van der Waals surface area contributed by atoms with Crippen molar-refractivity contribution in [1.82, 2.24) is 9.88 Å². The van der Waals surface area contributed by atoms with Crippen LogP contribution in [0.15, 0.2) is 72.9 Å². The highest BCUT2D eigenvalue weighted by Gasteiger charge is 2.14. The highest BCUT2D eigenvalue weighted by atomic mass is 16.4. The van der Waals surface area contributed by atoms with E-state index in [1.165, 1.54) is 4.90 Å². The van der Waals surface area contributed by atoms with Crippen molar-refractivity contribution in [1.29, 1.82) is 0 Å². The second-order valence-corrected chi connectivity index (χ2v) is 6.20. The number of amides is 2. The zero-order chi connectivity index (χ0) is 19.9. The van der Waals surface area contributed by atoms with Crippen molar-refractivity contribution < 1.29 is 14.7 Å². The molecule has 0 spiro atoms. The Morgan fingerprint density at radius 1 is 0.964 bits per heavy atom. The maximum Gasteiger partial charge on any atom is 0.407 e. The lowest BCUT2D eigenvalue weighted by molar-refractivity contribution is 0.102. The molecule has 1 heterocycles. The number of nitrogen functional groups attached to an aromatic ring is 1. The van der Waals surface area contributed by atoms with Gasteiger partial charge < -0.3 is 16.2 Å². The smallest absolute Gasteiger partial charge is 0.407 e. The second-order valence-electron chi connectivity index (χ2n) is 6.20. The zero-order valence-corrected chi connectivity index (χ0v) is 15.1. The van der Waals surface area contributed by atoms with E-state index in [2.05, 4.69) is 10.3 Å². The lowest BCUT2D eigenvalue weighted by atomic mass is 10.1. The fraction of sp³-hybridized carbons (Fsp3) is 0.0952. The number of hydrogen-bond acceptors (Lipinski definition) is 4. The van der Waals surface area contributed by atoms with E-state index in [0.29, 0.717) is 22.6 Å². The molecule has 2 amide bonds. The highest BCUT2D eigenvalue weighted by molar-refractivity contribution is 6.05. The van der Waals surface area contributed by atoms with Crippen LogP contribution in [-0.4, -0.2) is 27.0 Å². The molecule has 0 fully saturated rings. The van der Waals surface area contributed by atoms with Crippen LogP contribution in [0.2, 0.25) is 0 Å². The predicted octanol–water partition coefficient (Wildman–Crippen LogP) is 3.60. The Balaban J connectivity index is 1.66. The van der Waals surface area contributed by atoms with Gasteiger partial charge in [-0.1, -0.05) is 30.3 Å². The van der Waals surface area contributed by atoms with E-state index in [0.717, 1.165) is 5.56 Å². The van der Waals surface area contributed by atoms with Crippen molar-refractivity contribution in [3.05, 3.63) is 89.7 Å². The number of nitrogens with two attached hydrogens (primary N) is 1. The van der Waals surface area contributed by atoms with Crippen LogP contribution in [0.4, 0.5) is 16.2 Å². The molecule has 0 aliphatic carbocycles. The molecular formula is C21H20N4O3. The van der Waals surface area contributed by atoms with Crippen LogP contribution in [0.5, 0.6) is 0 Å². The number of carbonyl (C=O) groups excluding carboxylic acids is 1. The standard InChI is InChI=1S/C21H20N4O3/c22-18-6-1-2-7-19(18)24-20(26)16-10-8-15(9-11-16)13-25(21(27)28)14-17-5-3-4-12-23-17/h1-12H,13-14,22H2,(H,24,26)(H,27,28). The summed E-state index contributed by atoms with van der Waals surface area (Å²) in [5.41, 5.74) is 8.76. The number of para-hydroxylation sites is 2. The molecular weight excluding hydrogens is 356 g/mol. The minimum atomic E-state index is -1.04. The van der Waals surface area contributed by atoms with E-state index >= 15 is 0 Å². The number of aromatic nitrogens is 1. The first-order valence-corrected chi connectivity index (χ1v) is 8.65. The molecule has 0 unspecified atom stereocenters. The molecule has 1 aromatic heterocycles. The Kier molecular flexibility index (Phi) is 5.86. The maximum atomic E-state index is 12.4. The number of rotatable bonds is 6. The van der Waals surface area contributed by atoms with Crippen LogP contribution in [-0.2, 0) is 13.1 Å². The lowest BCUT2D eigenvalue weighted by Crippen LogP contribution is -2.28. The quantitative estimate of drug-likeness (QED) is 0.570. The van der Waals surface area contributed by atoms with Crippen LogP contribution in [0.25, 0.3) is 0 Å². The summed E-state index contributed by atoms with van der Waals surface area (Å²) in [5.74, 6) is -0.284. The summed E-state index contributed by atoms with van der Waals surface area (Å²) in [6, 6.07) is 19.2. The fourth-order valence-corrected chi connectivity index (χ4v) is 2.67. The zero-order valence-electron chi connectivity index (χ0n) is 15.1. The third-order valence-corrected chi connectivity index (χ3v) is 4.15. The molecule has 0 bridgehead atoms. The van der Waals surface area contributed by atoms with Crippen LogP contribution >= 0.6 is 0 Å². The Morgan fingerprint density at radius 3 is 2.32 bits per heavy atom. The van der Waals surface area contributed by atoms with Gasteiger partial charge in [0.05, 0.1) is 23.6 Å². The van der Waals surface area contributed by atoms with Gasteiger partial charge in [0, 0.05) is 18.3 Å². The summed E-state index contributed by atoms with van der Waals surface area (Å²) in [6.45, 7) is 0.380. The number of benzene rings is 2. The molecule has 7 nitrogen and oxygen atoms in total. The van der Waals surface area contributed by atoms with E-state index < -0.39 is 6.09 Å². The molecule has 0 saturated carbocycles. The molecule has 0 saturated heterocycles. The highest BCUT2D eigenvalue weighted by Crippen LogP contribution is 2.18. The van der Waals surface area contributed by atoms with E-state index in [-0.39, 0.29) is 19.0 Å². The van der Waals surface area contributed by atoms with Crippen molar-refractivity contribution >= 4 is 23.4 Å². The fourth-order valence-electron chi connectivity index (χ4n) is 2.67. The van der Waals surface area contributed by atoms with Gasteiger partial charge >= 0.3 is 6.09 Å². The molecule has 0 atom stereocenters. The Morgan fingerprint density at radius 2 is 1.68 bits per heavy atom. The van der Waals surface area contributed by atoms with E-state index in [1.54, 1.807) is 66.9 Å². The number of nitrogens with zero attached hydrogens (tertiary/aromatic N) is 2. The largest absolute Gasteiger partial charge is 0.465 e. The summed E-state index contributed by atoms with van der Waals surface area (Å²) in [6.07, 6.45) is 0.592. The first-order chi connectivity index (χ1) is 13.5. The van der Waals surface area contributed by atoms with Gasteiger partial charge in [0.1, 0.15) is 0 Å². The first kappa shape index (κ1) is 18.9. The average molecular weight is 376 g/mol. The summed E-state index contributed by atoms with van der Waals surface area (Å²) >= 11 is 0. The maximum absolute atomic E-state index is 12.4. The van der Waals surface area contributed by atoms with Gasteiger partial charge in [-0.15, -0.1) is 0 Å². The predicted molar refractivity (Wildman–Crippen MR) is 107 cm³/mol. The number of anilines is 2. The molecule has 142 valence electrons. The van der Waals surface area contributed by atoms with Gasteiger partial charge in [-0.3, -0.25) is 14.7 Å². The molecule has 0 aliphatic rings. The molecule has 7 heteroatoms. The minimum absolute atomic E-state index is 0.186. The van der Waals surface area contributed by atoms with Gasteiger partial charge in [-0.05, 0) is 42.0 Å². The van der Waals surface area contributed by atoms with Crippen molar-refractivity contribution in [2.75, 3.05) is 11.1 Å². The summed E-state index contributed by atoms with van der Waals surface area (Å²) < 4.78 is 0. The SMILES string of the molecule is Nc1ccccc1NC(=O)c1ccc(CN(Cc2ccccn2)C(=O)O)cc1. The van der Waals surface area contributed by atoms with Crippen molar-refractivity contribution in [2.45, 2.75) is 13.1 Å².